The highest BCUT2D eigenvalue weighted by Gasteiger charge is 2.44. The SMILES string of the molecule is COc1ccc(-c2cccc(C(=O)O)c2)c2c1OC1(CCCC1)C2. The van der Waals surface area contributed by atoms with E-state index in [1.807, 2.05) is 18.2 Å². The second kappa shape index (κ2) is 5.55. The van der Waals surface area contributed by atoms with E-state index in [0.717, 1.165) is 47.5 Å². The number of ether oxygens (including phenoxy) is 2. The van der Waals surface area contributed by atoms with Crippen molar-refractivity contribution >= 4 is 5.97 Å². The predicted molar refractivity (Wildman–Crippen MR) is 90.9 cm³/mol. The van der Waals surface area contributed by atoms with Crippen molar-refractivity contribution in [1.82, 2.24) is 0 Å². The third-order valence-corrected chi connectivity index (χ3v) is 5.20. The number of hydrogen-bond acceptors (Lipinski definition) is 3. The van der Waals surface area contributed by atoms with Crippen LogP contribution in [0.4, 0.5) is 0 Å². The van der Waals surface area contributed by atoms with Gasteiger partial charge in [0.15, 0.2) is 11.5 Å². The Balaban J connectivity index is 1.83. The molecule has 2 aromatic rings. The lowest BCUT2D eigenvalue weighted by Crippen LogP contribution is -2.30. The van der Waals surface area contributed by atoms with Crippen LogP contribution in [-0.4, -0.2) is 23.8 Å². The Morgan fingerprint density at radius 1 is 1.21 bits per heavy atom. The first kappa shape index (κ1) is 15.1. The monoisotopic (exact) mass is 324 g/mol. The molecule has 4 nitrogen and oxygen atoms in total. The first-order valence-electron chi connectivity index (χ1n) is 8.34. The summed E-state index contributed by atoms with van der Waals surface area (Å²) in [4.78, 5) is 11.3. The van der Waals surface area contributed by atoms with E-state index < -0.39 is 5.97 Å². The molecular weight excluding hydrogens is 304 g/mol. The maximum Gasteiger partial charge on any atom is 0.335 e. The molecule has 0 saturated heterocycles. The molecule has 1 aliphatic carbocycles. The molecule has 0 atom stereocenters. The third-order valence-electron chi connectivity index (χ3n) is 5.20. The van der Waals surface area contributed by atoms with Crippen LogP contribution < -0.4 is 9.47 Å². The minimum absolute atomic E-state index is 0.101. The Morgan fingerprint density at radius 3 is 2.71 bits per heavy atom. The molecule has 1 fully saturated rings. The second-order valence-corrected chi connectivity index (χ2v) is 6.68. The van der Waals surface area contributed by atoms with Gasteiger partial charge in [0.25, 0.3) is 0 Å². The van der Waals surface area contributed by atoms with E-state index in [4.69, 9.17) is 9.47 Å². The van der Waals surface area contributed by atoms with Crippen LogP contribution >= 0.6 is 0 Å². The molecule has 1 heterocycles. The van der Waals surface area contributed by atoms with Crippen molar-refractivity contribution in [2.24, 2.45) is 0 Å². The van der Waals surface area contributed by atoms with Gasteiger partial charge in [0.1, 0.15) is 5.60 Å². The van der Waals surface area contributed by atoms with Crippen molar-refractivity contribution in [3.8, 4) is 22.6 Å². The van der Waals surface area contributed by atoms with E-state index >= 15 is 0 Å². The lowest BCUT2D eigenvalue weighted by atomic mass is 9.90. The van der Waals surface area contributed by atoms with E-state index in [1.54, 1.807) is 25.3 Å². The molecule has 0 amide bonds. The van der Waals surface area contributed by atoms with Gasteiger partial charge in [-0.15, -0.1) is 0 Å². The molecule has 124 valence electrons. The van der Waals surface area contributed by atoms with Crippen LogP contribution in [0.25, 0.3) is 11.1 Å². The van der Waals surface area contributed by atoms with Crippen molar-refractivity contribution in [2.75, 3.05) is 7.11 Å². The van der Waals surface area contributed by atoms with E-state index in [1.165, 1.54) is 12.8 Å². The zero-order valence-corrected chi connectivity index (χ0v) is 13.7. The van der Waals surface area contributed by atoms with E-state index in [2.05, 4.69) is 0 Å². The molecular formula is C20H20O4. The zero-order chi connectivity index (χ0) is 16.7. The molecule has 0 aromatic heterocycles. The first-order chi connectivity index (χ1) is 11.6. The van der Waals surface area contributed by atoms with E-state index in [9.17, 15) is 9.90 Å². The highest BCUT2D eigenvalue weighted by molar-refractivity contribution is 5.90. The number of carbonyl (C=O) groups is 1. The van der Waals surface area contributed by atoms with Crippen LogP contribution in [0.1, 0.15) is 41.6 Å². The van der Waals surface area contributed by atoms with Crippen LogP contribution in [0, 0.1) is 0 Å². The average molecular weight is 324 g/mol. The molecule has 0 unspecified atom stereocenters. The quantitative estimate of drug-likeness (QED) is 0.914. The molecule has 1 N–H and O–H groups in total. The summed E-state index contributed by atoms with van der Waals surface area (Å²) >= 11 is 0. The second-order valence-electron chi connectivity index (χ2n) is 6.68. The molecule has 2 aliphatic rings. The summed E-state index contributed by atoms with van der Waals surface area (Å²) in [7, 11) is 1.66. The fraction of sp³-hybridized carbons (Fsp3) is 0.350. The van der Waals surface area contributed by atoms with Crippen molar-refractivity contribution in [3.05, 3.63) is 47.5 Å². The number of benzene rings is 2. The summed E-state index contributed by atoms with van der Waals surface area (Å²) < 4.78 is 11.9. The van der Waals surface area contributed by atoms with Crippen molar-refractivity contribution in [2.45, 2.75) is 37.7 Å². The predicted octanol–water partition coefficient (Wildman–Crippen LogP) is 4.31. The molecule has 0 bridgehead atoms. The fourth-order valence-electron chi connectivity index (χ4n) is 4.02. The number of carboxylic acids is 1. The fourth-order valence-corrected chi connectivity index (χ4v) is 4.02. The Hall–Kier alpha value is -2.49. The maximum absolute atomic E-state index is 11.3. The lowest BCUT2D eigenvalue weighted by molar-refractivity contribution is 0.0697. The zero-order valence-electron chi connectivity index (χ0n) is 13.7. The standard InChI is InChI=1S/C20H20O4/c1-23-17-8-7-15(13-5-4-6-14(11-13)19(21)22)16-12-20(24-18(16)17)9-2-3-10-20/h4-8,11H,2-3,9-10,12H2,1H3,(H,21,22). The molecule has 4 rings (SSSR count). The molecule has 0 radical (unpaired) electrons. The summed E-state index contributed by atoms with van der Waals surface area (Å²) in [6, 6.07) is 11.0. The molecule has 4 heteroatoms. The smallest absolute Gasteiger partial charge is 0.335 e. The van der Waals surface area contributed by atoms with Gasteiger partial charge in [0.05, 0.1) is 12.7 Å². The highest BCUT2D eigenvalue weighted by Crippen LogP contribution is 2.51. The minimum atomic E-state index is -0.912. The Bertz CT molecular complexity index is 803. The Labute approximate surface area is 141 Å². The van der Waals surface area contributed by atoms with Crippen LogP contribution in [0.5, 0.6) is 11.5 Å². The van der Waals surface area contributed by atoms with Crippen LogP contribution in [0.15, 0.2) is 36.4 Å². The van der Waals surface area contributed by atoms with Gasteiger partial charge in [0.2, 0.25) is 0 Å². The molecule has 1 aliphatic heterocycles. The summed E-state index contributed by atoms with van der Waals surface area (Å²) in [5.41, 5.74) is 3.28. The van der Waals surface area contributed by atoms with Gasteiger partial charge in [-0.3, -0.25) is 0 Å². The van der Waals surface area contributed by atoms with E-state index in [-0.39, 0.29) is 5.60 Å². The summed E-state index contributed by atoms with van der Waals surface area (Å²) in [5, 5.41) is 9.25. The first-order valence-corrected chi connectivity index (χ1v) is 8.34. The van der Waals surface area contributed by atoms with Crippen LogP contribution in [-0.2, 0) is 6.42 Å². The number of hydrogen-bond donors (Lipinski definition) is 1. The number of aromatic carboxylic acids is 1. The van der Waals surface area contributed by atoms with Crippen LogP contribution in [0.2, 0.25) is 0 Å². The Morgan fingerprint density at radius 2 is 2.00 bits per heavy atom. The summed E-state index contributed by atoms with van der Waals surface area (Å²) in [6.45, 7) is 0. The minimum Gasteiger partial charge on any atom is -0.493 e. The molecule has 2 aromatic carbocycles. The van der Waals surface area contributed by atoms with Gasteiger partial charge in [-0.2, -0.15) is 0 Å². The molecule has 1 spiro atoms. The summed E-state index contributed by atoms with van der Waals surface area (Å²) in [5.74, 6) is 0.676. The van der Waals surface area contributed by atoms with Crippen molar-refractivity contribution in [3.63, 3.8) is 0 Å². The number of rotatable bonds is 3. The number of carboxylic acid groups (broad SMARTS) is 1. The van der Waals surface area contributed by atoms with Gasteiger partial charge >= 0.3 is 5.97 Å². The number of fused-ring (bicyclic) bond motifs is 1. The van der Waals surface area contributed by atoms with Gasteiger partial charge in [-0.25, -0.2) is 4.79 Å². The average Bonchev–Trinajstić information content (AvgIpc) is 3.20. The van der Waals surface area contributed by atoms with Gasteiger partial charge in [0, 0.05) is 12.0 Å². The normalized spacial score (nSPS) is 17.5. The topological polar surface area (TPSA) is 55.8 Å². The van der Waals surface area contributed by atoms with Crippen molar-refractivity contribution < 1.29 is 19.4 Å². The molecule has 1 saturated carbocycles. The van der Waals surface area contributed by atoms with Gasteiger partial charge in [-0.1, -0.05) is 18.2 Å². The van der Waals surface area contributed by atoms with Crippen LogP contribution in [0.3, 0.4) is 0 Å². The summed E-state index contributed by atoms with van der Waals surface area (Å²) in [6.07, 6.45) is 5.39. The maximum atomic E-state index is 11.3. The largest absolute Gasteiger partial charge is 0.493 e. The number of methoxy groups -OCH3 is 1. The van der Waals surface area contributed by atoms with Crippen molar-refractivity contribution in [1.29, 1.82) is 0 Å². The molecule has 24 heavy (non-hydrogen) atoms. The van der Waals surface area contributed by atoms with Gasteiger partial charge < -0.3 is 14.6 Å². The third kappa shape index (κ3) is 2.33. The van der Waals surface area contributed by atoms with Gasteiger partial charge in [-0.05, 0) is 55.0 Å². The Kier molecular flexibility index (Phi) is 3.48. The van der Waals surface area contributed by atoms with E-state index in [0.29, 0.717) is 5.56 Å². The highest BCUT2D eigenvalue weighted by atomic mass is 16.5. The lowest BCUT2D eigenvalue weighted by Gasteiger charge is -2.22.